The minimum absolute atomic E-state index is 0.354. The molecular weight excluding hydrogens is 122 g/mol. The maximum absolute atomic E-state index is 5.15. The molecule has 1 aliphatic rings. The number of hydrogen-bond acceptors (Lipinski definition) is 1. The fraction of sp³-hybridized carbons (Fsp3) is 0.778. The molecule has 1 rings (SSSR count). The van der Waals surface area contributed by atoms with Crippen LogP contribution in [0.15, 0.2) is 0 Å². The summed E-state index contributed by atoms with van der Waals surface area (Å²) in [5, 5.41) is 3.37. The smallest absolute Gasteiger partial charge is 0.0577 e. The minimum atomic E-state index is 0.354. The first-order chi connectivity index (χ1) is 4.77. The van der Waals surface area contributed by atoms with Gasteiger partial charge in [-0.2, -0.15) is 0 Å². The van der Waals surface area contributed by atoms with E-state index < -0.39 is 0 Å². The average Bonchev–Trinajstić information content (AvgIpc) is 2.33. The van der Waals surface area contributed by atoms with Crippen LogP contribution in [0.25, 0.3) is 0 Å². The van der Waals surface area contributed by atoms with Crippen LogP contribution in [0.4, 0.5) is 0 Å². The van der Waals surface area contributed by atoms with E-state index in [0.717, 1.165) is 6.54 Å². The Morgan fingerprint density at radius 1 is 1.50 bits per heavy atom. The van der Waals surface area contributed by atoms with Crippen molar-refractivity contribution in [2.24, 2.45) is 0 Å². The van der Waals surface area contributed by atoms with Gasteiger partial charge in [0.1, 0.15) is 0 Å². The Hall–Kier alpha value is -0.480. The van der Waals surface area contributed by atoms with E-state index in [0.29, 0.717) is 5.54 Å². The maximum atomic E-state index is 5.15. The number of nitrogens with one attached hydrogen (secondary N) is 1. The molecule has 0 heterocycles. The first-order valence-electron chi connectivity index (χ1n) is 3.95. The third-order valence-corrected chi connectivity index (χ3v) is 2.32. The molecule has 0 unspecified atom stereocenters. The Kier molecular flexibility index (Phi) is 2.34. The summed E-state index contributed by atoms with van der Waals surface area (Å²) in [7, 11) is 0. The number of rotatable bonds is 2. The Balaban J connectivity index is 2.30. The molecule has 0 radical (unpaired) electrons. The lowest BCUT2D eigenvalue weighted by molar-refractivity contribution is 0.385. The quantitative estimate of drug-likeness (QED) is 0.569. The molecule has 0 aromatic rings. The molecule has 0 aliphatic heterocycles. The Morgan fingerprint density at radius 3 is 2.60 bits per heavy atom. The molecule has 0 aromatic carbocycles. The topological polar surface area (TPSA) is 12.0 Å². The number of hydrogen-bond donors (Lipinski definition) is 1. The lowest BCUT2D eigenvalue weighted by Crippen LogP contribution is -2.39. The van der Waals surface area contributed by atoms with Crippen LogP contribution in [0.1, 0.15) is 32.6 Å². The van der Waals surface area contributed by atoms with Crippen molar-refractivity contribution in [2.45, 2.75) is 38.1 Å². The van der Waals surface area contributed by atoms with E-state index in [-0.39, 0.29) is 0 Å². The molecule has 1 heteroatoms. The van der Waals surface area contributed by atoms with Gasteiger partial charge in [0.05, 0.1) is 6.54 Å². The minimum Gasteiger partial charge on any atom is -0.301 e. The highest BCUT2D eigenvalue weighted by Crippen LogP contribution is 2.28. The SMILES string of the molecule is C#CCNC1(C)CCCC1. The second kappa shape index (κ2) is 3.07. The van der Waals surface area contributed by atoms with E-state index in [1.165, 1.54) is 25.7 Å². The molecule has 1 saturated carbocycles. The standard InChI is InChI=1S/C9H15N/c1-3-8-10-9(2)6-4-5-7-9/h1,10H,4-8H2,2H3. The van der Waals surface area contributed by atoms with Gasteiger partial charge in [-0.05, 0) is 19.8 Å². The first-order valence-corrected chi connectivity index (χ1v) is 3.95. The van der Waals surface area contributed by atoms with Gasteiger partial charge in [0.2, 0.25) is 0 Å². The summed E-state index contributed by atoms with van der Waals surface area (Å²) in [6.07, 6.45) is 10.4. The summed E-state index contributed by atoms with van der Waals surface area (Å²) in [5.74, 6) is 2.61. The maximum Gasteiger partial charge on any atom is 0.0577 e. The average molecular weight is 137 g/mol. The number of terminal acetylenes is 1. The highest BCUT2D eigenvalue weighted by molar-refractivity contribution is 4.94. The van der Waals surface area contributed by atoms with Crippen molar-refractivity contribution in [2.75, 3.05) is 6.54 Å². The normalized spacial score (nSPS) is 22.4. The van der Waals surface area contributed by atoms with E-state index in [2.05, 4.69) is 18.2 Å². The van der Waals surface area contributed by atoms with Crippen LogP contribution < -0.4 is 5.32 Å². The molecule has 1 aliphatic carbocycles. The van der Waals surface area contributed by atoms with Gasteiger partial charge in [-0.3, -0.25) is 0 Å². The molecule has 0 bridgehead atoms. The van der Waals surface area contributed by atoms with Crippen LogP contribution in [0.2, 0.25) is 0 Å². The van der Waals surface area contributed by atoms with E-state index in [1.807, 2.05) is 0 Å². The van der Waals surface area contributed by atoms with Crippen molar-refractivity contribution >= 4 is 0 Å². The summed E-state index contributed by atoms with van der Waals surface area (Å²) in [6.45, 7) is 2.98. The zero-order valence-corrected chi connectivity index (χ0v) is 6.61. The van der Waals surface area contributed by atoms with Crippen molar-refractivity contribution in [3.05, 3.63) is 0 Å². The molecule has 1 N–H and O–H groups in total. The second-order valence-corrected chi connectivity index (χ2v) is 3.33. The Morgan fingerprint density at radius 2 is 2.10 bits per heavy atom. The lowest BCUT2D eigenvalue weighted by Gasteiger charge is -2.23. The highest BCUT2D eigenvalue weighted by atomic mass is 15.0. The summed E-state index contributed by atoms with van der Waals surface area (Å²) in [5.41, 5.74) is 0.354. The van der Waals surface area contributed by atoms with Gasteiger partial charge < -0.3 is 5.32 Å². The van der Waals surface area contributed by atoms with E-state index >= 15 is 0 Å². The van der Waals surface area contributed by atoms with Gasteiger partial charge in [-0.1, -0.05) is 18.8 Å². The third kappa shape index (κ3) is 1.75. The molecule has 0 atom stereocenters. The van der Waals surface area contributed by atoms with Gasteiger partial charge >= 0.3 is 0 Å². The van der Waals surface area contributed by atoms with Crippen molar-refractivity contribution in [1.29, 1.82) is 0 Å². The first kappa shape index (κ1) is 7.63. The van der Waals surface area contributed by atoms with Crippen LogP contribution in [0.5, 0.6) is 0 Å². The lowest BCUT2D eigenvalue weighted by atomic mass is 10.0. The van der Waals surface area contributed by atoms with Crippen LogP contribution >= 0.6 is 0 Å². The Bertz CT molecular complexity index is 137. The Labute approximate surface area is 63.2 Å². The van der Waals surface area contributed by atoms with Crippen LogP contribution in [0.3, 0.4) is 0 Å². The van der Waals surface area contributed by atoms with Crippen LogP contribution in [-0.2, 0) is 0 Å². The van der Waals surface area contributed by atoms with E-state index in [9.17, 15) is 0 Å². The van der Waals surface area contributed by atoms with Crippen LogP contribution in [0, 0.1) is 12.3 Å². The fourth-order valence-corrected chi connectivity index (χ4v) is 1.60. The molecule has 1 nitrogen and oxygen atoms in total. The van der Waals surface area contributed by atoms with Gasteiger partial charge in [-0.25, -0.2) is 0 Å². The van der Waals surface area contributed by atoms with E-state index in [4.69, 9.17) is 6.42 Å². The van der Waals surface area contributed by atoms with Gasteiger partial charge in [-0.15, -0.1) is 6.42 Å². The monoisotopic (exact) mass is 137 g/mol. The molecule has 10 heavy (non-hydrogen) atoms. The largest absolute Gasteiger partial charge is 0.301 e. The third-order valence-electron chi connectivity index (χ3n) is 2.32. The molecule has 0 amide bonds. The molecule has 0 spiro atoms. The highest BCUT2D eigenvalue weighted by Gasteiger charge is 2.26. The summed E-state index contributed by atoms with van der Waals surface area (Å²) < 4.78 is 0. The van der Waals surface area contributed by atoms with Gasteiger partial charge in [0.15, 0.2) is 0 Å². The predicted octanol–water partition coefficient (Wildman–Crippen LogP) is 1.54. The van der Waals surface area contributed by atoms with Crippen LogP contribution in [-0.4, -0.2) is 12.1 Å². The zero-order valence-electron chi connectivity index (χ0n) is 6.61. The molecule has 56 valence electrons. The summed E-state index contributed by atoms with van der Waals surface area (Å²) >= 11 is 0. The molecule has 0 aromatic heterocycles. The van der Waals surface area contributed by atoms with Crippen molar-refractivity contribution in [3.63, 3.8) is 0 Å². The van der Waals surface area contributed by atoms with Crippen molar-refractivity contribution < 1.29 is 0 Å². The van der Waals surface area contributed by atoms with Crippen molar-refractivity contribution in [3.8, 4) is 12.3 Å². The van der Waals surface area contributed by atoms with E-state index in [1.54, 1.807) is 0 Å². The van der Waals surface area contributed by atoms with Gasteiger partial charge in [0, 0.05) is 5.54 Å². The van der Waals surface area contributed by atoms with Gasteiger partial charge in [0.25, 0.3) is 0 Å². The molecular formula is C9H15N. The van der Waals surface area contributed by atoms with Crippen molar-refractivity contribution in [1.82, 2.24) is 5.32 Å². The molecule has 1 fully saturated rings. The zero-order chi connectivity index (χ0) is 7.45. The summed E-state index contributed by atoms with van der Waals surface area (Å²) in [6, 6.07) is 0. The second-order valence-electron chi connectivity index (χ2n) is 3.33. The fourth-order valence-electron chi connectivity index (χ4n) is 1.60. The predicted molar refractivity (Wildman–Crippen MR) is 43.7 cm³/mol. The summed E-state index contributed by atoms with van der Waals surface area (Å²) in [4.78, 5) is 0. The molecule has 0 saturated heterocycles.